The molecule has 4 aromatic rings. The summed E-state index contributed by atoms with van der Waals surface area (Å²) in [5, 5.41) is 9.06. The average molecular weight is 381 g/mol. The van der Waals surface area contributed by atoms with Crippen molar-refractivity contribution in [2.45, 2.75) is 12.8 Å². The number of ketones is 1. The Labute approximate surface area is 168 Å². The fourth-order valence-electron chi connectivity index (χ4n) is 3.53. The number of nitriles is 1. The molecule has 0 radical (unpaired) electrons. The molecule has 0 bridgehead atoms. The number of carbonyl (C=O) groups excluding carboxylic acids is 1. The number of methoxy groups -OCH3 is 1. The van der Waals surface area contributed by atoms with E-state index in [1.807, 2.05) is 46.9 Å². The normalized spacial score (nSPS) is 10.6. The summed E-state index contributed by atoms with van der Waals surface area (Å²) >= 11 is 0. The maximum Gasteiger partial charge on any atom is 0.143 e. The Kier molecular flexibility index (Phi) is 5.08. The topological polar surface area (TPSA) is 67.4 Å². The lowest BCUT2D eigenvalue weighted by Gasteiger charge is -2.13. The van der Waals surface area contributed by atoms with E-state index in [1.54, 1.807) is 37.8 Å². The third kappa shape index (κ3) is 3.74. The second-order valence-corrected chi connectivity index (χ2v) is 6.78. The molecule has 2 heterocycles. The van der Waals surface area contributed by atoms with E-state index in [0.29, 0.717) is 11.3 Å². The minimum Gasteiger partial charge on any atom is -0.496 e. The molecule has 2 aromatic heterocycles. The van der Waals surface area contributed by atoms with Crippen LogP contribution in [-0.2, 0) is 17.6 Å². The molecule has 0 amide bonds. The van der Waals surface area contributed by atoms with E-state index in [-0.39, 0.29) is 18.6 Å². The molecule has 29 heavy (non-hydrogen) atoms. The van der Waals surface area contributed by atoms with Crippen molar-refractivity contribution >= 4 is 11.3 Å². The highest BCUT2D eigenvalue weighted by atomic mass is 16.5. The molecule has 0 spiro atoms. The van der Waals surface area contributed by atoms with Crippen LogP contribution in [0.1, 0.15) is 16.8 Å². The molecule has 5 nitrogen and oxygen atoms in total. The number of Topliss-reactive ketones (excluding diaryl/α,β-unsaturated/α-hetero) is 1. The number of hydrogen-bond acceptors (Lipinski definition) is 4. The van der Waals surface area contributed by atoms with Crippen LogP contribution >= 0.6 is 0 Å². The Morgan fingerprint density at radius 3 is 2.69 bits per heavy atom. The predicted octanol–water partition coefficient (Wildman–Crippen LogP) is 4.24. The predicted molar refractivity (Wildman–Crippen MR) is 111 cm³/mol. The van der Waals surface area contributed by atoms with Crippen LogP contribution in [0.15, 0.2) is 73.2 Å². The highest BCUT2D eigenvalue weighted by molar-refractivity contribution is 5.86. The van der Waals surface area contributed by atoms with Gasteiger partial charge in [-0.3, -0.25) is 4.79 Å². The van der Waals surface area contributed by atoms with Crippen LogP contribution in [0, 0.1) is 11.3 Å². The van der Waals surface area contributed by atoms with E-state index < -0.39 is 0 Å². The summed E-state index contributed by atoms with van der Waals surface area (Å²) in [7, 11) is 1.55. The first-order valence-electron chi connectivity index (χ1n) is 9.27. The quantitative estimate of drug-likeness (QED) is 0.501. The lowest BCUT2D eigenvalue weighted by molar-refractivity contribution is -0.117. The van der Waals surface area contributed by atoms with Crippen molar-refractivity contribution in [2.75, 3.05) is 7.11 Å². The monoisotopic (exact) mass is 381 g/mol. The van der Waals surface area contributed by atoms with E-state index in [1.165, 1.54) is 0 Å². The Bertz CT molecular complexity index is 1220. The SMILES string of the molecule is COc1cc(C#N)ccc1CC(=O)Cc1c(-c2ccccc2)ccc2cncn12. The van der Waals surface area contributed by atoms with Crippen molar-refractivity contribution in [2.24, 2.45) is 0 Å². The first kappa shape index (κ1) is 18.5. The largest absolute Gasteiger partial charge is 0.496 e. The third-order valence-corrected chi connectivity index (χ3v) is 4.94. The molecule has 0 saturated carbocycles. The number of hydrogen-bond donors (Lipinski definition) is 0. The van der Waals surface area contributed by atoms with Crippen molar-refractivity contribution in [1.29, 1.82) is 5.26 Å². The molecule has 0 aliphatic rings. The van der Waals surface area contributed by atoms with Crippen LogP contribution in [0.4, 0.5) is 0 Å². The van der Waals surface area contributed by atoms with Gasteiger partial charge in [0.2, 0.25) is 0 Å². The molecule has 5 heteroatoms. The van der Waals surface area contributed by atoms with Crippen molar-refractivity contribution in [3.63, 3.8) is 0 Å². The summed E-state index contributed by atoms with van der Waals surface area (Å²) in [5.74, 6) is 0.618. The highest BCUT2D eigenvalue weighted by Crippen LogP contribution is 2.27. The van der Waals surface area contributed by atoms with Gasteiger partial charge in [-0.05, 0) is 23.8 Å². The number of aromatic nitrogens is 2. The first-order valence-corrected chi connectivity index (χ1v) is 9.27. The Balaban J connectivity index is 1.68. The van der Waals surface area contributed by atoms with Gasteiger partial charge in [-0.25, -0.2) is 4.98 Å². The zero-order valence-corrected chi connectivity index (χ0v) is 16.0. The van der Waals surface area contributed by atoms with Crippen molar-refractivity contribution in [1.82, 2.24) is 9.38 Å². The zero-order valence-electron chi connectivity index (χ0n) is 16.0. The number of fused-ring (bicyclic) bond motifs is 1. The van der Waals surface area contributed by atoms with Gasteiger partial charge in [0.25, 0.3) is 0 Å². The summed E-state index contributed by atoms with van der Waals surface area (Å²) in [6, 6.07) is 21.3. The molecule has 0 aliphatic heterocycles. The van der Waals surface area contributed by atoms with Gasteiger partial charge in [-0.2, -0.15) is 5.26 Å². The molecular formula is C24H19N3O2. The number of carbonyl (C=O) groups is 1. The van der Waals surface area contributed by atoms with Gasteiger partial charge in [-0.15, -0.1) is 0 Å². The number of nitrogens with zero attached hydrogens (tertiary/aromatic N) is 3. The third-order valence-electron chi connectivity index (χ3n) is 4.94. The smallest absolute Gasteiger partial charge is 0.143 e. The molecular weight excluding hydrogens is 362 g/mol. The van der Waals surface area contributed by atoms with E-state index in [9.17, 15) is 4.79 Å². The van der Waals surface area contributed by atoms with E-state index >= 15 is 0 Å². The van der Waals surface area contributed by atoms with Gasteiger partial charge in [-0.1, -0.05) is 42.5 Å². The fourth-order valence-corrected chi connectivity index (χ4v) is 3.53. The van der Waals surface area contributed by atoms with Gasteiger partial charge in [0.1, 0.15) is 11.5 Å². The van der Waals surface area contributed by atoms with E-state index in [2.05, 4.69) is 11.1 Å². The molecule has 0 N–H and O–H groups in total. The van der Waals surface area contributed by atoms with Crippen molar-refractivity contribution in [3.8, 4) is 22.9 Å². The maximum absolute atomic E-state index is 13.0. The van der Waals surface area contributed by atoms with Gasteiger partial charge < -0.3 is 9.14 Å². The maximum atomic E-state index is 13.0. The van der Waals surface area contributed by atoms with Gasteiger partial charge >= 0.3 is 0 Å². The Morgan fingerprint density at radius 2 is 1.93 bits per heavy atom. The Morgan fingerprint density at radius 1 is 1.10 bits per heavy atom. The molecule has 142 valence electrons. The lowest BCUT2D eigenvalue weighted by Crippen LogP contribution is -2.11. The number of benzene rings is 2. The number of ether oxygens (including phenoxy) is 1. The molecule has 4 rings (SSSR count). The minimum absolute atomic E-state index is 0.0615. The van der Waals surface area contributed by atoms with Crippen molar-refractivity contribution < 1.29 is 9.53 Å². The van der Waals surface area contributed by atoms with E-state index in [4.69, 9.17) is 10.00 Å². The summed E-state index contributed by atoms with van der Waals surface area (Å²) in [4.78, 5) is 17.2. The van der Waals surface area contributed by atoms with Crippen LogP contribution in [-0.4, -0.2) is 22.3 Å². The molecule has 0 fully saturated rings. The van der Waals surface area contributed by atoms with Crippen LogP contribution in [0.2, 0.25) is 0 Å². The molecule has 2 aromatic carbocycles. The summed E-state index contributed by atoms with van der Waals surface area (Å²) < 4.78 is 7.34. The zero-order chi connectivity index (χ0) is 20.2. The minimum atomic E-state index is 0.0615. The van der Waals surface area contributed by atoms with Gasteiger partial charge in [0.05, 0.1) is 36.8 Å². The molecule has 0 atom stereocenters. The molecule has 0 saturated heterocycles. The summed E-state index contributed by atoms with van der Waals surface area (Å²) in [5.41, 5.74) is 5.20. The second-order valence-electron chi connectivity index (χ2n) is 6.78. The molecule has 0 unspecified atom stereocenters. The van der Waals surface area contributed by atoms with E-state index in [0.717, 1.165) is 27.9 Å². The standard InChI is InChI=1S/C24H19N3O2/c1-29-24-11-17(14-25)7-8-19(24)12-21(28)13-23-22(18-5-3-2-4-6-18)10-9-20-15-26-16-27(20)23/h2-11,15-16H,12-13H2,1H3. The highest BCUT2D eigenvalue weighted by Gasteiger charge is 2.16. The fraction of sp³-hybridized carbons (Fsp3) is 0.125. The molecule has 0 aliphatic carbocycles. The van der Waals surface area contributed by atoms with Crippen LogP contribution in [0.5, 0.6) is 5.75 Å². The first-order chi connectivity index (χ1) is 14.2. The average Bonchev–Trinajstić information content (AvgIpc) is 3.24. The number of pyridine rings is 1. The van der Waals surface area contributed by atoms with Crippen LogP contribution < -0.4 is 4.74 Å². The van der Waals surface area contributed by atoms with Crippen LogP contribution in [0.3, 0.4) is 0 Å². The second kappa shape index (κ2) is 7.99. The van der Waals surface area contributed by atoms with Crippen LogP contribution in [0.25, 0.3) is 16.6 Å². The lowest BCUT2D eigenvalue weighted by atomic mass is 9.97. The van der Waals surface area contributed by atoms with Crippen molar-refractivity contribution in [3.05, 3.63) is 90.0 Å². The Hall–Kier alpha value is -3.91. The number of imidazole rings is 1. The van der Waals surface area contributed by atoms with Gasteiger partial charge in [0.15, 0.2) is 0 Å². The van der Waals surface area contributed by atoms with Gasteiger partial charge in [0, 0.05) is 29.7 Å². The summed E-state index contributed by atoms with van der Waals surface area (Å²) in [6.45, 7) is 0. The number of rotatable bonds is 6. The summed E-state index contributed by atoms with van der Waals surface area (Å²) in [6.07, 6.45) is 4.02.